The van der Waals surface area contributed by atoms with Gasteiger partial charge in [0.05, 0.1) is 7.11 Å². The summed E-state index contributed by atoms with van der Waals surface area (Å²) in [5.41, 5.74) is 1.04. The van der Waals surface area contributed by atoms with Crippen molar-refractivity contribution in [3.8, 4) is 5.75 Å². The number of nitrogens with one attached hydrogen (secondary N) is 2. The second-order valence-corrected chi connectivity index (χ2v) is 7.15. The summed E-state index contributed by atoms with van der Waals surface area (Å²) in [5, 5.41) is 6.24. The Morgan fingerprint density at radius 2 is 1.85 bits per heavy atom. The highest BCUT2D eigenvalue weighted by Gasteiger charge is 2.24. The molecular weight excluding hydrogens is 328 g/mol. The third-order valence-corrected chi connectivity index (χ3v) is 4.52. The Hall–Kier alpha value is -2.24. The summed E-state index contributed by atoms with van der Waals surface area (Å²) in [6.07, 6.45) is 1.25. The zero-order valence-electron chi connectivity index (χ0n) is 16.4. The molecule has 1 aliphatic rings. The van der Waals surface area contributed by atoms with Gasteiger partial charge < -0.3 is 20.3 Å². The molecule has 1 aromatic rings. The van der Waals surface area contributed by atoms with Crippen molar-refractivity contribution in [2.45, 2.75) is 33.7 Å². The Morgan fingerprint density at radius 3 is 2.42 bits per heavy atom. The molecule has 1 fully saturated rings. The fourth-order valence-electron chi connectivity index (χ4n) is 3.41. The molecule has 2 N–H and O–H groups in total. The van der Waals surface area contributed by atoms with E-state index in [0.717, 1.165) is 36.9 Å². The summed E-state index contributed by atoms with van der Waals surface area (Å²) in [4.78, 5) is 19.0. The van der Waals surface area contributed by atoms with Gasteiger partial charge in [0.25, 0.3) is 0 Å². The highest BCUT2D eigenvalue weighted by atomic mass is 16.5. The van der Waals surface area contributed by atoms with Gasteiger partial charge in [-0.25, -0.2) is 4.99 Å². The van der Waals surface area contributed by atoms with Crippen molar-refractivity contribution in [2.75, 3.05) is 33.3 Å². The van der Waals surface area contributed by atoms with Gasteiger partial charge in [0.15, 0.2) is 5.96 Å². The Labute approximate surface area is 157 Å². The Morgan fingerprint density at radius 1 is 1.19 bits per heavy atom. The van der Waals surface area contributed by atoms with Crippen LogP contribution in [0.15, 0.2) is 29.3 Å². The summed E-state index contributed by atoms with van der Waals surface area (Å²) in [6.45, 7) is 10.0. The predicted molar refractivity (Wildman–Crippen MR) is 105 cm³/mol. The number of aliphatic imine (C=N–C) groups is 1. The van der Waals surface area contributed by atoms with Crippen LogP contribution in [0.1, 0.15) is 32.8 Å². The fraction of sp³-hybridized carbons (Fsp3) is 0.600. The van der Waals surface area contributed by atoms with Crippen LogP contribution in [-0.2, 0) is 11.3 Å². The van der Waals surface area contributed by atoms with Crippen molar-refractivity contribution in [3.63, 3.8) is 0 Å². The molecule has 0 spiro atoms. The number of benzene rings is 1. The SMILES string of the molecule is CCNC(=NCC(=O)NCc1ccc(OC)cc1)N1CC(C)CC(C)C1. The fourth-order valence-corrected chi connectivity index (χ4v) is 3.41. The van der Waals surface area contributed by atoms with Gasteiger partial charge in [-0.05, 0) is 42.9 Å². The number of nitrogens with zero attached hydrogens (tertiary/aromatic N) is 2. The Balaban J connectivity index is 1.87. The van der Waals surface area contributed by atoms with E-state index in [9.17, 15) is 4.79 Å². The minimum atomic E-state index is -0.0747. The number of hydrogen-bond acceptors (Lipinski definition) is 3. The van der Waals surface area contributed by atoms with E-state index in [2.05, 4.69) is 41.3 Å². The number of guanidine groups is 1. The molecule has 1 amide bonds. The molecule has 1 heterocycles. The van der Waals surface area contributed by atoms with Gasteiger partial charge in [0, 0.05) is 26.2 Å². The second-order valence-electron chi connectivity index (χ2n) is 7.15. The molecule has 1 saturated heterocycles. The average Bonchev–Trinajstić information content (AvgIpc) is 2.63. The van der Waals surface area contributed by atoms with Crippen molar-refractivity contribution >= 4 is 11.9 Å². The van der Waals surface area contributed by atoms with Gasteiger partial charge in [-0.1, -0.05) is 26.0 Å². The van der Waals surface area contributed by atoms with Crippen LogP contribution in [-0.4, -0.2) is 50.1 Å². The maximum absolute atomic E-state index is 12.2. The van der Waals surface area contributed by atoms with Crippen LogP contribution < -0.4 is 15.4 Å². The predicted octanol–water partition coefficient (Wildman–Crippen LogP) is 2.25. The van der Waals surface area contributed by atoms with Crippen molar-refractivity contribution < 1.29 is 9.53 Å². The number of carbonyl (C=O) groups excluding carboxylic acids is 1. The Kier molecular flexibility index (Phi) is 7.75. The molecule has 6 nitrogen and oxygen atoms in total. The first-order chi connectivity index (χ1) is 12.5. The van der Waals surface area contributed by atoms with Gasteiger partial charge in [-0.15, -0.1) is 0 Å². The van der Waals surface area contributed by atoms with E-state index >= 15 is 0 Å². The molecule has 26 heavy (non-hydrogen) atoms. The summed E-state index contributed by atoms with van der Waals surface area (Å²) in [7, 11) is 1.64. The van der Waals surface area contributed by atoms with Gasteiger partial charge in [0.2, 0.25) is 5.91 Å². The Bertz CT molecular complexity index is 590. The number of piperidine rings is 1. The van der Waals surface area contributed by atoms with Crippen LogP contribution in [0.5, 0.6) is 5.75 Å². The molecule has 144 valence electrons. The van der Waals surface area contributed by atoms with Crippen LogP contribution in [0.25, 0.3) is 0 Å². The third-order valence-electron chi connectivity index (χ3n) is 4.52. The van der Waals surface area contributed by atoms with E-state index in [4.69, 9.17) is 4.74 Å². The first-order valence-corrected chi connectivity index (χ1v) is 9.44. The molecule has 6 heteroatoms. The van der Waals surface area contributed by atoms with E-state index in [-0.39, 0.29) is 12.5 Å². The minimum absolute atomic E-state index is 0.0747. The minimum Gasteiger partial charge on any atom is -0.497 e. The van der Waals surface area contributed by atoms with Crippen LogP contribution in [0.4, 0.5) is 0 Å². The summed E-state index contributed by atoms with van der Waals surface area (Å²) < 4.78 is 5.14. The number of carbonyl (C=O) groups is 1. The number of likely N-dealkylation sites (tertiary alicyclic amines) is 1. The third kappa shape index (κ3) is 6.24. The van der Waals surface area contributed by atoms with Gasteiger partial charge >= 0.3 is 0 Å². The number of rotatable bonds is 6. The van der Waals surface area contributed by atoms with Crippen LogP contribution in [0.3, 0.4) is 0 Å². The monoisotopic (exact) mass is 360 g/mol. The maximum Gasteiger partial charge on any atom is 0.242 e. The number of methoxy groups -OCH3 is 1. The molecule has 2 atom stereocenters. The molecular formula is C20H32N4O2. The van der Waals surface area contributed by atoms with E-state index < -0.39 is 0 Å². The molecule has 0 aromatic heterocycles. The molecule has 0 saturated carbocycles. The lowest BCUT2D eigenvalue weighted by molar-refractivity contribution is -0.119. The summed E-state index contributed by atoms with van der Waals surface area (Å²) in [5.74, 6) is 2.86. The number of amides is 1. The van der Waals surface area contributed by atoms with Crippen LogP contribution >= 0.6 is 0 Å². The first kappa shape index (κ1) is 20.1. The lowest BCUT2D eigenvalue weighted by Crippen LogP contribution is -2.48. The summed E-state index contributed by atoms with van der Waals surface area (Å²) in [6, 6.07) is 7.68. The number of ether oxygens (including phenoxy) is 1. The quantitative estimate of drug-likeness (QED) is 0.603. The molecule has 0 bridgehead atoms. The van der Waals surface area contributed by atoms with Crippen molar-refractivity contribution in [2.24, 2.45) is 16.8 Å². The molecule has 2 unspecified atom stereocenters. The molecule has 2 rings (SSSR count). The van der Waals surface area contributed by atoms with Crippen molar-refractivity contribution in [3.05, 3.63) is 29.8 Å². The van der Waals surface area contributed by atoms with Crippen LogP contribution in [0.2, 0.25) is 0 Å². The lowest BCUT2D eigenvalue weighted by Gasteiger charge is -2.37. The molecule has 1 aliphatic heterocycles. The van der Waals surface area contributed by atoms with Gasteiger partial charge in [-0.3, -0.25) is 4.79 Å². The maximum atomic E-state index is 12.2. The topological polar surface area (TPSA) is 66.0 Å². The van der Waals surface area contributed by atoms with E-state index in [1.165, 1.54) is 6.42 Å². The summed E-state index contributed by atoms with van der Waals surface area (Å²) >= 11 is 0. The van der Waals surface area contributed by atoms with E-state index in [1.54, 1.807) is 7.11 Å². The highest BCUT2D eigenvalue weighted by molar-refractivity contribution is 5.85. The second kappa shape index (κ2) is 10.0. The average molecular weight is 361 g/mol. The zero-order chi connectivity index (χ0) is 18.9. The van der Waals surface area contributed by atoms with Gasteiger partial charge in [0.1, 0.15) is 12.3 Å². The largest absolute Gasteiger partial charge is 0.497 e. The highest BCUT2D eigenvalue weighted by Crippen LogP contribution is 2.20. The van der Waals surface area contributed by atoms with Gasteiger partial charge in [-0.2, -0.15) is 0 Å². The van der Waals surface area contributed by atoms with Crippen molar-refractivity contribution in [1.29, 1.82) is 0 Å². The van der Waals surface area contributed by atoms with E-state index in [1.807, 2.05) is 24.3 Å². The van der Waals surface area contributed by atoms with Crippen LogP contribution in [0, 0.1) is 11.8 Å². The molecule has 0 radical (unpaired) electrons. The normalized spacial score (nSPS) is 20.6. The van der Waals surface area contributed by atoms with E-state index in [0.29, 0.717) is 18.4 Å². The molecule has 0 aliphatic carbocycles. The lowest BCUT2D eigenvalue weighted by atomic mass is 9.92. The first-order valence-electron chi connectivity index (χ1n) is 9.44. The standard InChI is InChI=1S/C20H32N4O2/c1-5-21-20(24-13-15(2)10-16(3)14-24)23-12-19(25)22-11-17-6-8-18(26-4)9-7-17/h6-9,15-16H,5,10-14H2,1-4H3,(H,21,23)(H,22,25). The molecule has 1 aromatic carbocycles. The number of hydrogen-bond donors (Lipinski definition) is 2. The smallest absolute Gasteiger partial charge is 0.242 e. The van der Waals surface area contributed by atoms with Crippen molar-refractivity contribution in [1.82, 2.24) is 15.5 Å². The zero-order valence-corrected chi connectivity index (χ0v) is 16.4.